The highest BCUT2D eigenvalue weighted by atomic mass is 16.6. The first-order chi connectivity index (χ1) is 11.7. The molecule has 25 heavy (non-hydrogen) atoms. The molecular weight excluding hydrogens is 326 g/mol. The predicted molar refractivity (Wildman–Crippen MR) is 93.2 cm³/mol. The molecule has 1 aliphatic rings. The fraction of sp³-hybridized carbons (Fsp3) is 0.471. The van der Waals surface area contributed by atoms with Gasteiger partial charge < -0.3 is 19.5 Å². The number of benzene rings is 1. The molecule has 0 saturated heterocycles. The van der Waals surface area contributed by atoms with E-state index in [4.69, 9.17) is 14.2 Å². The van der Waals surface area contributed by atoms with Crippen LogP contribution in [-0.4, -0.2) is 36.5 Å². The van der Waals surface area contributed by atoms with Crippen LogP contribution in [0.15, 0.2) is 23.3 Å². The number of hydrogen-bond donors (Lipinski definition) is 2. The van der Waals surface area contributed by atoms with Crippen molar-refractivity contribution in [3.05, 3.63) is 18.2 Å². The molecule has 2 amide bonds. The number of anilines is 1. The fourth-order valence-corrected chi connectivity index (χ4v) is 2.04. The monoisotopic (exact) mass is 349 g/mol. The van der Waals surface area contributed by atoms with E-state index in [2.05, 4.69) is 15.8 Å². The van der Waals surface area contributed by atoms with Crippen molar-refractivity contribution in [3.8, 4) is 11.5 Å². The van der Waals surface area contributed by atoms with Crippen LogP contribution in [0.1, 0.15) is 34.1 Å². The summed E-state index contributed by atoms with van der Waals surface area (Å²) >= 11 is 0. The van der Waals surface area contributed by atoms with E-state index < -0.39 is 11.7 Å². The minimum absolute atomic E-state index is 0.0320. The van der Waals surface area contributed by atoms with Crippen LogP contribution in [-0.2, 0) is 9.53 Å². The topological polar surface area (TPSA) is 98.3 Å². The van der Waals surface area contributed by atoms with Crippen molar-refractivity contribution in [1.82, 2.24) is 5.43 Å². The summed E-state index contributed by atoms with van der Waals surface area (Å²) in [7, 11) is 0. The maximum absolute atomic E-state index is 12.1. The molecule has 1 heterocycles. The maximum Gasteiger partial charge on any atom is 0.428 e. The smallest absolute Gasteiger partial charge is 0.428 e. The molecule has 8 heteroatoms. The number of nitrogens with zero attached hydrogens (tertiary/aromatic N) is 1. The van der Waals surface area contributed by atoms with Gasteiger partial charge in [-0.25, -0.2) is 10.2 Å². The number of amides is 2. The van der Waals surface area contributed by atoms with Crippen LogP contribution in [0.5, 0.6) is 11.5 Å². The zero-order chi connectivity index (χ0) is 18.4. The zero-order valence-corrected chi connectivity index (χ0v) is 14.8. The first-order valence-electron chi connectivity index (χ1n) is 7.94. The second-order valence-electron chi connectivity index (χ2n) is 6.54. The number of carbonyl (C=O) groups is 2. The molecule has 1 aliphatic heterocycles. The number of rotatable bonds is 4. The largest absolute Gasteiger partial charge is 0.486 e. The summed E-state index contributed by atoms with van der Waals surface area (Å²) < 4.78 is 16.0. The number of fused-ring (bicyclic) bond motifs is 1. The molecule has 8 nitrogen and oxygen atoms in total. The standard InChI is InChI=1S/C17H23N3O5/c1-11(19-20-16(22)25-17(2,3)4)9-15(21)18-12-5-6-13-14(10-12)24-8-7-23-13/h5-6,10H,7-9H2,1-4H3,(H,18,21)(H,20,22)/b19-11-. The van der Waals surface area contributed by atoms with Crippen molar-refractivity contribution in [2.45, 2.75) is 39.7 Å². The van der Waals surface area contributed by atoms with Gasteiger partial charge in [-0.05, 0) is 39.8 Å². The maximum atomic E-state index is 12.1. The molecule has 0 aromatic heterocycles. The molecule has 0 fully saturated rings. The Bertz CT molecular complexity index is 679. The molecule has 0 saturated carbocycles. The van der Waals surface area contributed by atoms with Crippen LogP contribution in [0.25, 0.3) is 0 Å². The summed E-state index contributed by atoms with van der Waals surface area (Å²) in [5.74, 6) is 0.994. The highest BCUT2D eigenvalue weighted by Crippen LogP contribution is 2.32. The van der Waals surface area contributed by atoms with E-state index >= 15 is 0 Å². The Morgan fingerprint density at radius 1 is 1.20 bits per heavy atom. The number of nitrogens with one attached hydrogen (secondary N) is 2. The molecule has 2 N–H and O–H groups in total. The molecule has 0 aliphatic carbocycles. The summed E-state index contributed by atoms with van der Waals surface area (Å²) in [5.41, 5.74) is 2.70. The van der Waals surface area contributed by atoms with Crippen molar-refractivity contribution >= 4 is 23.4 Å². The Labute approximate surface area is 146 Å². The van der Waals surface area contributed by atoms with Gasteiger partial charge in [0.15, 0.2) is 11.5 Å². The molecule has 0 radical (unpaired) electrons. The van der Waals surface area contributed by atoms with Crippen molar-refractivity contribution < 1.29 is 23.8 Å². The Kier molecular flexibility index (Phi) is 5.84. The average Bonchev–Trinajstić information content (AvgIpc) is 2.51. The van der Waals surface area contributed by atoms with Crippen molar-refractivity contribution in [2.75, 3.05) is 18.5 Å². The van der Waals surface area contributed by atoms with Crippen LogP contribution < -0.4 is 20.2 Å². The average molecular weight is 349 g/mol. The minimum atomic E-state index is -0.668. The van der Waals surface area contributed by atoms with E-state index in [-0.39, 0.29) is 12.3 Å². The van der Waals surface area contributed by atoms with E-state index in [1.54, 1.807) is 45.9 Å². The van der Waals surface area contributed by atoms with Crippen LogP contribution in [0.2, 0.25) is 0 Å². The highest BCUT2D eigenvalue weighted by molar-refractivity contribution is 6.05. The second-order valence-corrected chi connectivity index (χ2v) is 6.54. The van der Waals surface area contributed by atoms with Gasteiger partial charge in [0, 0.05) is 17.5 Å². The van der Waals surface area contributed by atoms with Crippen molar-refractivity contribution in [1.29, 1.82) is 0 Å². The van der Waals surface area contributed by atoms with E-state index in [9.17, 15) is 9.59 Å². The Balaban J connectivity index is 1.85. The predicted octanol–water partition coefficient (Wildman–Crippen LogP) is 2.69. The molecule has 136 valence electrons. The van der Waals surface area contributed by atoms with Gasteiger partial charge in [0.2, 0.25) is 5.91 Å². The van der Waals surface area contributed by atoms with Crippen molar-refractivity contribution in [2.24, 2.45) is 5.10 Å². The molecule has 1 aromatic carbocycles. The zero-order valence-electron chi connectivity index (χ0n) is 14.8. The normalized spacial score (nSPS) is 13.8. The Morgan fingerprint density at radius 2 is 1.88 bits per heavy atom. The molecule has 0 unspecified atom stereocenters. The van der Waals surface area contributed by atoms with Gasteiger partial charge in [-0.15, -0.1) is 0 Å². The molecule has 0 bridgehead atoms. The highest BCUT2D eigenvalue weighted by Gasteiger charge is 2.16. The van der Waals surface area contributed by atoms with Gasteiger partial charge >= 0.3 is 6.09 Å². The van der Waals surface area contributed by atoms with Gasteiger partial charge in [0.05, 0.1) is 6.42 Å². The van der Waals surface area contributed by atoms with Crippen LogP contribution in [0.3, 0.4) is 0 Å². The first kappa shape index (κ1) is 18.6. The molecular formula is C17H23N3O5. The number of hydrazone groups is 1. The van der Waals surface area contributed by atoms with Crippen LogP contribution in [0, 0.1) is 0 Å². The van der Waals surface area contributed by atoms with Crippen molar-refractivity contribution in [3.63, 3.8) is 0 Å². The number of carbonyl (C=O) groups excluding carboxylic acids is 2. The van der Waals surface area contributed by atoms with E-state index in [0.717, 1.165) is 0 Å². The number of hydrogen-bond acceptors (Lipinski definition) is 6. The van der Waals surface area contributed by atoms with Crippen LogP contribution in [0.4, 0.5) is 10.5 Å². The summed E-state index contributed by atoms with van der Waals surface area (Å²) in [6, 6.07) is 5.18. The van der Waals surface area contributed by atoms with Crippen LogP contribution >= 0.6 is 0 Å². The van der Waals surface area contributed by atoms with Gasteiger partial charge in [0.25, 0.3) is 0 Å². The number of ether oxygens (including phenoxy) is 3. The van der Waals surface area contributed by atoms with Gasteiger partial charge in [-0.2, -0.15) is 5.10 Å². The fourth-order valence-electron chi connectivity index (χ4n) is 2.04. The van der Waals surface area contributed by atoms with E-state index in [1.807, 2.05) is 0 Å². The molecule has 2 rings (SSSR count). The first-order valence-corrected chi connectivity index (χ1v) is 7.94. The Hall–Kier alpha value is -2.77. The lowest BCUT2D eigenvalue weighted by molar-refractivity contribution is -0.115. The molecule has 0 atom stereocenters. The summed E-state index contributed by atoms with van der Waals surface area (Å²) in [6.07, 6.45) is -0.636. The van der Waals surface area contributed by atoms with E-state index in [0.29, 0.717) is 36.1 Å². The third kappa shape index (κ3) is 6.33. The van der Waals surface area contributed by atoms with Gasteiger partial charge in [0.1, 0.15) is 18.8 Å². The van der Waals surface area contributed by atoms with Gasteiger partial charge in [-0.1, -0.05) is 0 Å². The molecule has 1 aromatic rings. The third-order valence-corrected chi connectivity index (χ3v) is 2.98. The lowest BCUT2D eigenvalue weighted by Crippen LogP contribution is -2.30. The van der Waals surface area contributed by atoms with E-state index in [1.165, 1.54) is 0 Å². The molecule has 0 spiro atoms. The summed E-state index contributed by atoms with van der Waals surface area (Å²) in [5, 5.41) is 6.60. The lowest BCUT2D eigenvalue weighted by atomic mass is 10.2. The Morgan fingerprint density at radius 3 is 2.56 bits per heavy atom. The third-order valence-electron chi connectivity index (χ3n) is 2.98. The minimum Gasteiger partial charge on any atom is -0.486 e. The quantitative estimate of drug-likeness (QED) is 0.643. The SMILES string of the molecule is C/C(CC(=O)Nc1ccc2c(c1)OCCO2)=N/NC(=O)OC(C)(C)C. The summed E-state index contributed by atoms with van der Waals surface area (Å²) in [6.45, 7) is 7.89. The second kappa shape index (κ2) is 7.87. The lowest BCUT2D eigenvalue weighted by Gasteiger charge is -2.19. The van der Waals surface area contributed by atoms with Gasteiger partial charge in [-0.3, -0.25) is 4.79 Å². The summed E-state index contributed by atoms with van der Waals surface area (Å²) in [4.78, 5) is 23.6.